The van der Waals surface area contributed by atoms with Crippen molar-refractivity contribution in [3.63, 3.8) is 0 Å². The van der Waals surface area contributed by atoms with E-state index in [1.54, 1.807) is 7.05 Å². The molecule has 2 aliphatic rings. The molecular weight excluding hydrogens is 512 g/mol. The van der Waals surface area contributed by atoms with Gasteiger partial charge in [-0.15, -0.1) is 0 Å². The highest BCUT2D eigenvalue weighted by Crippen LogP contribution is 2.48. The van der Waals surface area contributed by atoms with Crippen LogP contribution in [0, 0.1) is 5.92 Å². The van der Waals surface area contributed by atoms with E-state index in [2.05, 4.69) is 10.5 Å². The van der Waals surface area contributed by atoms with Gasteiger partial charge in [-0.3, -0.25) is 9.80 Å². The third-order valence-corrected chi connectivity index (χ3v) is 7.01. The number of piperidine rings is 1. The highest BCUT2D eigenvalue weighted by atomic mass is 35.5. The summed E-state index contributed by atoms with van der Waals surface area (Å²) in [6.07, 6.45) is -1.97. The fourth-order valence-corrected chi connectivity index (χ4v) is 5.16. The van der Waals surface area contributed by atoms with Gasteiger partial charge in [0.05, 0.1) is 23.8 Å². The third kappa shape index (κ3) is 5.15. The Morgan fingerprint density at radius 3 is 2.24 bits per heavy atom. The molecule has 0 aliphatic carbocycles. The Morgan fingerprint density at radius 1 is 1.03 bits per heavy atom. The number of anilines is 1. The van der Waals surface area contributed by atoms with Crippen molar-refractivity contribution in [3.05, 3.63) is 63.1 Å². The molecule has 0 radical (unpaired) electrons. The smallest absolute Gasteiger partial charge is 0.263 e. The van der Waals surface area contributed by atoms with Gasteiger partial charge in [-0.25, -0.2) is 4.59 Å². The molecular formula is C23H23Cl3F3N4O+. The molecule has 5 nitrogen and oxygen atoms in total. The molecule has 1 fully saturated rings. The zero-order chi connectivity index (χ0) is 24.7. The van der Waals surface area contributed by atoms with Crippen LogP contribution in [-0.4, -0.2) is 42.5 Å². The summed E-state index contributed by atoms with van der Waals surface area (Å²) in [7, 11) is 1.81. The van der Waals surface area contributed by atoms with Crippen molar-refractivity contribution < 1.29 is 22.6 Å². The van der Waals surface area contributed by atoms with E-state index in [0.29, 0.717) is 28.7 Å². The second-order valence-corrected chi connectivity index (χ2v) is 10.1. The Balaban J connectivity index is 1.81. The van der Waals surface area contributed by atoms with Crippen LogP contribution in [0.4, 0.5) is 18.9 Å². The summed E-state index contributed by atoms with van der Waals surface area (Å²) in [5.74, 6) is -3.03. The number of nitrogens with zero attached hydrogens (tertiary/aromatic N) is 3. The molecule has 0 saturated carbocycles. The third-order valence-electron chi connectivity index (χ3n) is 6.22. The van der Waals surface area contributed by atoms with Crippen molar-refractivity contribution in [1.82, 2.24) is 5.43 Å². The number of likely N-dealkylation sites (tertiary alicyclic amines) is 1. The Hall–Kier alpha value is -2.00. The fourth-order valence-electron chi connectivity index (χ4n) is 4.54. The SMILES string of the molecule is C[N+]1(NC(=O)C2=NN(c3ccc(Cl)cc3Cl)C(c3ccc(Cl)cc3)C2C(F)(F)F)CCCCC1. The fraction of sp³-hybridized carbons (Fsp3) is 0.391. The zero-order valence-corrected chi connectivity index (χ0v) is 20.5. The summed E-state index contributed by atoms with van der Waals surface area (Å²) in [5, 5.41) is 6.20. The standard InChI is InChI=1S/C23H22Cl3F3N4O/c1-33(11-3-2-4-12-33)31-22(34)20-19(23(27,28)29)21(14-5-7-15(24)8-6-14)32(30-20)18-10-9-16(25)13-17(18)26/h5-10,13,19,21H,2-4,11-12H2,1H3/p+1. The molecule has 2 aliphatic heterocycles. The molecule has 2 aromatic rings. The Bertz CT molecular complexity index is 1100. The predicted octanol–water partition coefficient (Wildman–Crippen LogP) is 6.40. The summed E-state index contributed by atoms with van der Waals surface area (Å²) < 4.78 is 43.8. The first-order valence-electron chi connectivity index (χ1n) is 10.8. The van der Waals surface area contributed by atoms with Crippen molar-refractivity contribution in [2.45, 2.75) is 31.5 Å². The normalized spacial score (nSPS) is 22.4. The van der Waals surface area contributed by atoms with Gasteiger partial charge in [-0.2, -0.15) is 23.7 Å². The average molecular weight is 535 g/mol. The maximum absolute atomic E-state index is 14.5. The van der Waals surface area contributed by atoms with Gasteiger partial charge < -0.3 is 0 Å². The summed E-state index contributed by atoms with van der Waals surface area (Å²) in [6.45, 7) is 1.28. The first kappa shape index (κ1) is 25.1. The number of carbonyl (C=O) groups is 1. The number of benzene rings is 2. The minimum absolute atomic E-state index is 0.118. The molecule has 2 atom stereocenters. The van der Waals surface area contributed by atoms with Crippen LogP contribution in [0.3, 0.4) is 0 Å². The number of carbonyl (C=O) groups excluding carboxylic acids is 1. The lowest BCUT2D eigenvalue weighted by Gasteiger charge is -2.36. The lowest BCUT2D eigenvalue weighted by atomic mass is 9.88. The van der Waals surface area contributed by atoms with Gasteiger partial charge in [0.25, 0.3) is 0 Å². The highest BCUT2D eigenvalue weighted by molar-refractivity contribution is 6.41. The molecule has 34 heavy (non-hydrogen) atoms. The van der Waals surface area contributed by atoms with Gasteiger partial charge in [0, 0.05) is 10.0 Å². The molecule has 1 N–H and O–H groups in total. The number of hydrogen-bond donors (Lipinski definition) is 1. The molecule has 11 heteroatoms. The first-order chi connectivity index (χ1) is 16.0. The van der Waals surface area contributed by atoms with Gasteiger partial charge in [0.2, 0.25) is 0 Å². The maximum atomic E-state index is 14.5. The molecule has 0 bridgehead atoms. The monoisotopic (exact) mass is 533 g/mol. The molecule has 0 aromatic heterocycles. The second kappa shape index (κ2) is 9.57. The molecule has 1 amide bonds. The van der Waals surface area contributed by atoms with Crippen LogP contribution < -0.4 is 10.4 Å². The minimum Gasteiger partial charge on any atom is -0.263 e. The summed E-state index contributed by atoms with van der Waals surface area (Å²) in [4.78, 5) is 13.3. The van der Waals surface area contributed by atoms with Crippen molar-refractivity contribution in [3.8, 4) is 0 Å². The van der Waals surface area contributed by atoms with E-state index in [-0.39, 0.29) is 15.3 Å². The molecule has 0 spiro atoms. The van der Waals surface area contributed by atoms with Crippen molar-refractivity contribution in [1.29, 1.82) is 0 Å². The number of hydrogen-bond acceptors (Lipinski definition) is 3. The maximum Gasteiger partial charge on any atom is 0.399 e. The van der Waals surface area contributed by atoms with E-state index >= 15 is 0 Å². The lowest BCUT2D eigenvalue weighted by molar-refractivity contribution is -0.947. The second-order valence-electron chi connectivity index (χ2n) is 8.79. The van der Waals surface area contributed by atoms with E-state index in [1.807, 2.05) is 0 Å². The van der Waals surface area contributed by atoms with Crippen LogP contribution in [-0.2, 0) is 4.79 Å². The summed E-state index contributed by atoms with van der Waals surface area (Å²) >= 11 is 18.3. The number of amides is 1. The van der Waals surface area contributed by atoms with Gasteiger partial charge >= 0.3 is 12.1 Å². The van der Waals surface area contributed by atoms with Crippen molar-refractivity contribution in [2.75, 3.05) is 25.1 Å². The molecule has 1 saturated heterocycles. The number of halogens is 6. The zero-order valence-electron chi connectivity index (χ0n) is 18.2. The van der Waals surface area contributed by atoms with Gasteiger partial charge in [0.15, 0.2) is 0 Å². The van der Waals surface area contributed by atoms with Crippen LogP contribution in [0.2, 0.25) is 15.1 Å². The van der Waals surface area contributed by atoms with Crippen LogP contribution in [0.15, 0.2) is 47.6 Å². The highest BCUT2D eigenvalue weighted by Gasteiger charge is 2.57. The molecule has 2 unspecified atom stereocenters. The van der Waals surface area contributed by atoms with Crippen molar-refractivity contribution >= 4 is 52.1 Å². The van der Waals surface area contributed by atoms with Crippen molar-refractivity contribution in [2.24, 2.45) is 11.0 Å². The number of alkyl halides is 3. The Labute approximate surface area is 210 Å². The average Bonchev–Trinajstić information content (AvgIpc) is 3.15. The van der Waals surface area contributed by atoms with Crippen LogP contribution in [0.25, 0.3) is 0 Å². The Kier molecular flexibility index (Phi) is 7.06. The van der Waals surface area contributed by atoms with E-state index in [1.165, 1.54) is 42.5 Å². The van der Waals surface area contributed by atoms with Crippen LogP contribution in [0.5, 0.6) is 0 Å². The largest absolute Gasteiger partial charge is 0.399 e. The number of nitrogens with one attached hydrogen (secondary N) is 1. The number of hydrazone groups is 1. The minimum atomic E-state index is -4.76. The Morgan fingerprint density at radius 2 is 1.65 bits per heavy atom. The summed E-state index contributed by atoms with van der Waals surface area (Å²) in [6, 6.07) is 9.07. The topological polar surface area (TPSA) is 44.7 Å². The summed E-state index contributed by atoms with van der Waals surface area (Å²) in [5.41, 5.74) is 2.68. The van der Waals surface area contributed by atoms with E-state index in [0.717, 1.165) is 24.3 Å². The van der Waals surface area contributed by atoms with E-state index in [4.69, 9.17) is 34.8 Å². The van der Waals surface area contributed by atoms with Gasteiger partial charge in [-0.05, 0) is 55.2 Å². The quantitative estimate of drug-likeness (QED) is 0.461. The van der Waals surface area contributed by atoms with Crippen LogP contribution >= 0.6 is 34.8 Å². The predicted molar refractivity (Wildman–Crippen MR) is 128 cm³/mol. The molecule has 4 rings (SSSR count). The number of quaternary nitrogens is 1. The number of rotatable bonds is 4. The van der Waals surface area contributed by atoms with E-state index in [9.17, 15) is 18.0 Å². The molecule has 182 valence electrons. The van der Waals surface area contributed by atoms with Gasteiger partial charge in [-0.1, -0.05) is 46.9 Å². The van der Waals surface area contributed by atoms with E-state index < -0.39 is 29.8 Å². The first-order valence-corrected chi connectivity index (χ1v) is 11.9. The van der Waals surface area contributed by atoms with Crippen LogP contribution in [0.1, 0.15) is 30.9 Å². The van der Waals surface area contributed by atoms with Gasteiger partial charge in [0.1, 0.15) is 24.7 Å². The lowest BCUT2D eigenvalue weighted by Crippen LogP contribution is -2.61. The molecule has 2 aromatic carbocycles. The molecule has 2 heterocycles.